The van der Waals surface area contributed by atoms with Gasteiger partial charge in [0.2, 0.25) is 0 Å². The molecule has 0 amide bonds. The van der Waals surface area contributed by atoms with E-state index in [1.807, 2.05) is 18.2 Å². The van der Waals surface area contributed by atoms with E-state index in [1.54, 1.807) is 0 Å². The van der Waals surface area contributed by atoms with Crippen molar-refractivity contribution >= 4 is 47.8 Å². The summed E-state index contributed by atoms with van der Waals surface area (Å²) < 4.78 is 2.43. The van der Waals surface area contributed by atoms with E-state index in [0.29, 0.717) is 0 Å². The standard InChI is InChI=1S/C24H18Br3N3/c1-13-4-7-19(25)28-22(13)16-10-17(23-14(2)5-8-20(26)29-23)12-18(11-16)24-15(3)6-9-21(27)30-24/h4-12H,1-3H3. The molecule has 1 aromatic carbocycles. The first-order valence-corrected chi connectivity index (χ1v) is 11.8. The molecule has 0 aliphatic rings. The van der Waals surface area contributed by atoms with Gasteiger partial charge in [0.05, 0.1) is 17.1 Å². The van der Waals surface area contributed by atoms with Crippen molar-refractivity contribution < 1.29 is 0 Å². The van der Waals surface area contributed by atoms with Gasteiger partial charge in [0.15, 0.2) is 0 Å². The largest absolute Gasteiger partial charge is 0.241 e. The van der Waals surface area contributed by atoms with Gasteiger partial charge in [-0.2, -0.15) is 0 Å². The van der Waals surface area contributed by atoms with Crippen LogP contribution < -0.4 is 0 Å². The van der Waals surface area contributed by atoms with Crippen LogP contribution in [0.4, 0.5) is 0 Å². The van der Waals surface area contributed by atoms with Gasteiger partial charge in [-0.1, -0.05) is 18.2 Å². The molecule has 0 fully saturated rings. The van der Waals surface area contributed by atoms with Gasteiger partial charge in [-0.3, -0.25) is 0 Å². The molecule has 150 valence electrons. The van der Waals surface area contributed by atoms with Gasteiger partial charge in [-0.25, -0.2) is 15.0 Å². The Morgan fingerprint density at radius 1 is 0.467 bits per heavy atom. The fourth-order valence-corrected chi connectivity index (χ4v) is 4.36. The molecular formula is C24H18Br3N3. The lowest BCUT2D eigenvalue weighted by atomic mass is 9.95. The van der Waals surface area contributed by atoms with E-state index in [2.05, 4.69) is 105 Å². The average molecular weight is 588 g/mol. The van der Waals surface area contributed by atoms with Crippen molar-refractivity contribution in [1.82, 2.24) is 15.0 Å². The van der Waals surface area contributed by atoms with Gasteiger partial charge in [0.25, 0.3) is 0 Å². The number of benzene rings is 1. The third kappa shape index (κ3) is 4.41. The lowest BCUT2D eigenvalue weighted by molar-refractivity contribution is 1.21. The summed E-state index contributed by atoms with van der Waals surface area (Å²) in [5, 5.41) is 0. The highest BCUT2D eigenvalue weighted by molar-refractivity contribution is 9.11. The van der Waals surface area contributed by atoms with Crippen molar-refractivity contribution in [2.75, 3.05) is 0 Å². The van der Waals surface area contributed by atoms with Crippen LogP contribution in [0.1, 0.15) is 16.7 Å². The molecule has 4 aromatic rings. The van der Waals surface area contributed by atoms with E-state index in [1.165, 1.54) is 0 Å². The molecular weight excluding hydrogens is 570 g/mol. The van der Waals surface area contributed by atoms with Crippen molar-refractivity contribution in [2.24, 2.45) is 0 Å². The van der Waals surface area contributed by atoms with Gasteiger partial charge >= 0.3 is 0 Å². The fourth-order valence-electron chi connectivity index (χ4n) is 3.43. The zero-order valence-corrected chi connectivity index (χ0v) is 21.4. The normalized spacial score (nSPS) is 11.0. The number of aryl methyl sites for hydroxylation is 3. The molecule has 0 saturated carbocycles. The smallest absolute Gasteiger partial charge is 0.106 e. The zero-order chi connectivity index (χ0) is 21.4. The SMILES string of the molecule is Cc1ccc(Br)nc1-c1cc(-c2nc(Br)ccc2C)cc(-c2nc(Br)ccc2C)c1. The van der Waals surface area contributed by atoms with E-state index >= 15 is 0 Å². The Kier molecular flexibility index (Phi) is 6.19. The van der Waals surface area contributed by atoms with Crippen LogP contribution in [0.3, 0.4) is 0 Å². The molecule has 0 saturated heterocycles. The molecule has 0 bridgehead atoms. The van der Waals surface area contributed by atoms with Gasteiger partial charge in [-0.15, -0.1) is 0 Å². The summed E-state index contributed by atoms with van der Waals surface area (Å²) in [6.07, 6.45) is 0. The zero-order valence-electron chi connectivity index (χ0n) is 16.7. The fraction of sp³-hybridized carbons (Fsp3) is 0.125. The van der Waals surface area contributed by atoms with Crippen LogP contribution in [0.15, 0.2) is 68.4 Å². The molecule has 3 heterocycles. The number of nitrogens with zero attached hydrogens (tertiary/aromatic N) is 3. The molecule has 0 radical (unpaired) electrons. The molecule has 30 heavy (non-hydrogen) atoms. The number of halogens is 3. The lowest BCUT2D eigenvalue weighted by Gasteiger charge is -2.14. The second-order valence-corrected chi connectivity index (χ2v) is 9.63. The maximum Gasteiger partial charge on any atom is 0.106 e. The highest BCUT2D eigenvalue weighted by Gasteiger charge is 2.14. The number of hydrogen-bond donors (Lipinski definition) is 0. The number of hydrogen-bond acceptors (Lipinski definition) is 3. The van der Waals surface area contributed by atoms with Gasteiger partial charge in [0, 0.05) is 16.7 Å². The van der Waals surface area contributed by atoms with Crippen LogP contribution in [-0.2, 0) is 0 Å². The van der Waals surface area contributed by atoms with E-state index < -0.39 is 0 Å². The summed E-state index contributed by atoms with van der Waals surface area (Å²) >= 11 is 10.5. The first-order valence-electron chi connectivity index (χ1n) is 9.37. The molecule has 0 unspecified atom stereocenters. The summed E-state index contributed by atoms with van der Waals surface area (Å²) in [6.45, 7) is 6.23. The monoisotopic (exact) mass is 585 g/mol. The third-order valence-corrected chi connectivity index (χ3v) is 6.27. The Labute approximate surface area is 201 Å². The minimum absolute atomic E-state index is 0.809. The molecule has 0 atom stereocenters. The molecule has 3 nitrogen and oxygen atoms in total. The first-order chi connectivity index (χ1) is 14.3. The molecule has 0 aliphatic heterocycles. The van der Waals surface area contributed by atoms with Crippen molar-refractivity contribution in [1.29, 1.82) is 0 Å². The van der Waals surface area contributed by atoms with Gasteiger partial charge < -0.3 is 0 Å². The van der Waals surface area contributed by atoms with Crippen LogP contribution in [0, 0.1) is 20.8 Å². The maximum atomic E-state index is 4.75. The Balaban J connectivity index is 2.03. The Bertz CT molecular complexity index is 1100. The van der Waals surface area contributed by atoms with Crippen molar-refractivity contribution in [3.05, 3.63) is 85.1 Å². The number of rotatable bonds is 3. The summed E-state index contributed by atoms with van der Waals surface area (Å²) in [4.78, 5) is 14.2. The lowest BCUT2D eigenvalue weighted by Crippen LogP contribution is -1.96. The molecule has 0 N–H and O–H groups in total. The Hall–Kier alpha value is -1.89. The van der Waals surface area contributed by atoms with Gasteiger partial charge in [0.1, 0.15) is 13.8 Å². The highest BCUT2D eigenvalue weighted by Crippen LogP contribution is 2.35. The molecule has 0 aliphatic carbocycles. The van der Waals surface area contributed by atoms with E-state index in [4.69, 9.17) is 15.0 Å². The Morgan fingerprint density at radius 2 is 0.733 bits per heavy atom. The maximum absolute atomic E-state index is 4.75. The van der Waals surface area contributed by atoms with E-state index in [9.17, 15) is 0 Å². The Morgan fingerprint density at radius 3 is 1.00 bits per heavy atom. The summed E-state index contributed by atoms with van der Waals surface area (Å²) in [5.41, 5.74) is 9.24. The quantitative estimate of drug-likeness (QED) is 0.227. The molecule has 6 heteroatoms. The summed E-state index contributed by atoms with van der Waals surface area (Å²) in [5.74, 6) is 0. The minimum atomic E-state index is 0.809. The first kappa shape index (κ1) is 21.3. The number of aromatic nitrogens is 3. The summed E-state index contributed by atoms with van der Waals surface area (Å²) in [6, 6.07) is 18.6. The van der Waals surface area contributed by atoms with Gasteiger partial charge in [-0.05, 0) is 122 Å². The van der Waals surface area contributed by atoms with Crippen molar-refractivity contribution in [3.63, 3.8) is 0 Å². The van der Waals surface area contributed by atoms with Crippen LogP contribution in [0.5, 0.6) is 0 Å². The van der Waals surface area contributed by atoms with Crippen molar-refractivity contribution in [3.8, 4) is 33.8 Å². The molecule has 3 aromatic heterocycles. The predicted octanol–water partition coefficient (Wildman–Crippen LogP) is 8.09. The van der Waals surface area contributed by atoms with Crippen LogP contribution in [-0.4, -0.2) is 15.0 Å². The van der Waals surface area contributed by atoms with Crippen LogP contribution in [0.2, 0.25) is 0 Å². The van der Waals surface area contributed by atoms with E-state index in [0.717, 1.165) is 64.3 Å². The number of pyridine rings is 3. The van der Waals surface area contributed by atoms with Crippen molar-refractivity contribution in [2.45, 2.75) is 20.8 Å². The molecule has 0 spiro atoms. The second-order valence-electron chi connectivity index (χ2n) is 7.20. The van der Waals surface area contributed by atoms with E-state index in [-0.39, 0.29) is 0 Å². The average Bonchev–Trinajstić information content (AvgIpc) is 2.73. The molecule has 4 rings (SSSR count). The topological polar surface area (TPSA) is 38.7 Å². The summed E-state index contributed by atoms with van der Waals surface area (Å²) in [7, 11) is 0. The minimum Gasteiger partial charge on any atom is -0.241 e. The predicted molar refractivity (Wildman–Crippen MR) is 133 cm³/mol. The third-order valence-electron chi connectivity index (χ3n) is 4.94. The second kappa shape index (κ2) is 8.69. The van der Waals surface area contributed by atoms with Crippen LogP contribution >= 0.6 is 47.8 Å². The highest BCUT2D eigenvalue weighted by atomic mass is 79.9. The van der Waals surface area contributed by atoms with Crippen LogP contribution in [0.25, 0.3) is 33.8 Å².